The van der Waals surface area contributed by atoms with Crippen molar-refractivity contribution in [2.75, 3.05) is 45.4 Å². The van der Waals surface area contributed by atoms with Crippen molar-refractivity contribution in [3.63, 3.8) is 0 Å². The van der Waals surface area contributed by atoms with Gasteiger partial charge in [-0.15, -0.1) is 0 Å². The zero-order valence-electron chi connectivity index (χ0n) is 19.1. The maximum Gasteiger partial charge on any atom is 0.122 e. The Morgan fingerprint density at radius 2 is 1.58 bits per heavy atom. The summed E-state index contributed by atoms with van der Waals surface area (Å²) < 4.78 is 16.8. The summed E-state index contributed by atoms with van der Waals surface area (Å²) in [6, 6.07) is 24.0. The van der Waals surface area contributed by atoms with Gasteiger partial charge in [0.25, 0.3) is 0 Å². The molecular formula is C28H28N2O3. The van der Waals surface area contributed by atoms with Gasteiger partial charge < -0.3 is 19.1 Å². The van der Waals surface area contributed by atoms with Gasteiger partial charge in [-0.25, -0.2) is 0 Å². The third kappa shape index (κ3) is 3.39. The van der Waals surface area contributed by atoms with E-state index in [-0.39, 0.29) is 6.17 Å². The van der Waals surface area contributed by atoms with Gasteiger partial charge in [0, 0.05) is 36.8 Å². The number of fused-ring (bicyclic) bond motifs is 2. The van der Waals surface area contributed by atoms with Gasteiger partial charge >= 0.3 is 0 Å². The molecule has 33 heavy (non-hydrogen) atoms. The first kappa shape index (κ1) is 20.3. The van der Waals surface area contributed by atoms with Crippen molar-refractivity contribution in [2.24, 2.45) is 0 Å². The first-order chi connectivity index (χ1) is 16.3. The summed E-state index contributed by atoms with van der Waals surface area (Å²) in [4.78, 5) is 5.10. The Hall–Kier alpha value is -3.28. The number of rotatable bonds is 5. The van der Waals surface area contributed by atoms with Crippen LogP contribution in [0.3, 0.4) is 0 Å². The van der Waals surface area contributed by atoms with Crippen molar-refractivity contribution in [1.82, 2.24) is 4.90 Å². The largest absolute Gasteiger partial charge is 0.497 e. The normalized spacial score (nSPS) is 18.2. The SMILES string of the molecule is COc1cc(CN2c3cccc4c3c(cc3ccccc34)C2N2CCOCC2)cc(OC)c1. The van der Waals surface area contributed by atoms with E-state index in [1.54, 1.807) is 14.2 Å². The predicted octanol–water partition coefficient (Wildman–Crippen LogP) is 5.36. The smallest absolute Gasteiger partial charge is 0.122 e. The molecule has 0 radical (unpaired) electrons. The molecule has 2 aliphatic rings. The van der Waals surface area contributed by atoms with Gasteiger partial charge in [-0.05, 0) is 51.6 Å². The van der Waals surface area contributed by atoms with Gasteiger partial charge in [0.15, 0.2) is 0 Å². The second kappa shape index (κ2) is 8.25. The second-order valence-electron chi connectivity index (χ2n) is 8.76. The topological polar surface area (TPSA) is 34.2 Å². The first-order valence-corrected chi connectivity index (χ1v) is 11.5. The van der Waals surface area contributed by atoms with Crippen molar-refractivity contribution in [3.05, 3.63) is 77.9 Å². The Morgan fingerprint density at radius 1 is 0.848 bits per heavy atom. The minimum absolute atomic E-state index is 0.163. The molecule has 2 aliphatic heterocycles. The van der Waals surface area contributed by atoms with Crippen molar-refractivity contribution >= 4 is 27.2 Å². The third-order valence-electron chi connectivity index (χ3n) is 6.93. The van der Waals surface area contributed by atoms with Crippen LogP contribution in [0.5, 0.6) is 11.5 Å². The molecule has 4 aromatic carbocycles. The van der Waals surface area contributed by atoms with E-state index in [1.807, 2.05) is 6.07 Å². The van der Waals surface area contributed by atoms with Gasteiger partial charge in [-0.2, -0.15) is 0 Å². The average molecular weight is 441 g/mol. The lowest BCUT2D eigenvalue weighted by atomic mass is 9.97. The molecule has 0 spiro atoms. The molecule has 0 N–H and O–H groups in total. The average Bonchev–Trinajstić information content (AvgIpc) is 3.18. The maximum atomic E-state index is 5.70. The highest BCUT2D eigenvalue weighted by Crippen LogP contribution is 2.49. The number of anilines is 1. The van der Waals surface area contributed by atoms with Crippen LogP contribution in [-0.4, -0.2) is 45.4 Å². The van der Waals surface area contributed by atoms with E-state index in [2.05, 4.69) is 70.5 Å². The van der Waals surface area contributed by atoms with Crippen molar-refractivity contribution in [3.8, 4) is 11.5 Å². The molecule has 5 heteroatoms. The van der Waals surface area contributed by atoms with Crippen molar-refractivity contribution in [2.45, 2.75) is 12.7 Å². The molecule has 6 rings (SSSR count). The van der Waals surface area contributed by atoms with E-state index in [0.717, 1.165) is 44.3 Å². The molecule has 5 nitrogen and oxygen atoms in total. The Labute approximate surface area is 194 Å². The third-order valence-corrected chi connectivity index (χ3v) is 6.93. The molecule has 2 heterocycles. The number of benzene rings is 4. The first-order valence-electron chi connectivity index (χ1n) is 11.5. The molecule has 1 atom stereocenters. The highest BCUT2D eigenvalue weighted by molar-refractivity contribution is 6.14. The predicted molar refractivity (Wildman–Crippen MR) is 132 cm³/mol. The van der Waals surface area contributed by atoms with Gasteiger partial charge in [-0.1, -0.05) is 36.4 Å². The van der Waals surface area contributed by atoms with E-state index in [4.69, 9.17) is 14.2 Å². The highest BCUT2D eigenvalue weighted by Gasteiger charge is 2.37. The second-order valence-corrected chi connectivity index (χ2v) is 8.76. The van der Waals surface area contributed by atoms with Crippen LogP contribution in [-0.2, 0) is 11.3 Å². The molecule has 1 fully saturated rings. The fourth-order valence-electron chi connectivity index (χ4n) is 5.46. The summed E-state index contributed by atoms with van der Waals surface area (Å²) >= 11 is 0. The highest BCUT2D eigenvalue weighted by atomic mass is 16.5. The van der Waals surface area contributed by atoms with Crippen LogP contribution in [0.4, 0.5) is 5.69 Å². The summed E-state index contributed by atoms with van der Waals surface area (Å²) in [6.07, 6.45) is 0.163. The maximum absolute atomic E-state index is 5.70. The molecule has 4 aromatic rings. The summed E-state index contributed by atoms with van der Waals surface area (Å²) in [5.74, 6) is 1.63. The van der Waals surface area contributed by atoms with Crippen LogP contribution < -0.4 is 14.4 Å². The quantitative estimate of drug-likeness (QED) is 0.390. The van der Waals surface area contributed by atoms with Crippen LogP contribution in [0, 0.1) is 0 Å². The lowest BCUT2D eigenvalue weighted by Gasteiger charge is -2.39. The Morgan fingerprint density at radius 3 is 2.33 bits per heavy atom. The molecule has 0 aromatic heterocycles. The summed E-state index contributed by atoms with van der Waals surface area (Å²) in [5.41, 5.74) is 3.83. The van der Waals surface area contributed by atoms with Gasteiger partial charge in [0.1, 0.15) is 17.7 Å². The molecular weight excluding hydrogens is 412 g/mol. The molecule has 0 saturated carbocycles. The van der Waals surface area contributed by atoms with Gasteiger partial charge in [0.05, 0.1) is 27.4 Å². The Balaban J connectivity index is 1.53. The van der Waals surface area contributed by atoms with Crippen LogP contribution >= 0.6 is 0 Å². The van der Waals surface area contributed by atoms with E-state index in [0.29, 0.717) is 0 Å². The molecule has 0 amide bonds. The number of nitrogens with zero attached hydrogens (tertiary/aromatic N) is 2. The zero-order valence-corrected chi connectivity index (χ0v) is 19.1. The molecule has 1 saturated heterocycles. The van der Waals surface area contributed by atoms with Crippen molar-refractivity contribution < 1.29 is 14.2 Å². The molecule has 0 bridgehead atoms. The fraction of sp³-hybridized carbons (Fsp3) is 0.286. The monoisotopic (exact) mass is 440 g/mol. The van der Waals surface area contributed by atoms with E-state index < -0.39 is 0 Å². The van der Waals surface area contributed by atoms with Gasteiger partial charge in [0.2, 0.25) is 0 Å². The van der Waals surface area contributed by atoms with Crippen LogP contribution in [0.15, 0.2) is 66.7 Å². The lowest BCUT2D eigenvalue weighted by Crippen LogP contribution is -2.45. The number of hydrogen-bond donors (Lipinski definition) is 0. The summed E-state index contributed by atoms with van der Waals surface area (Å²) in [5, 5.41) is 5.29. The zero-order chi connectivity index (χ0) is 22.4. The number of methoxy groups -OCH3 is 2. The Kier molecular flexibility index (Phi) is 5.08. The lowest BCUT2D eigenvalue weighted by molar-refractivity contribution is 0.0161. The molecule has 1 unspecified atom stereocenters. The van der Waals surface area contributed by atoms with E-state index in [9.17, 15) is 0 Å². The van der Waals surface area contributed by atoms with Crippen LogP contribution in [0.1, 0.15) is 17.3 Å². The number of morpholine rings is 1. The van der Waals surface area contributed by atoms with E-state index >= 15 is 0 Å². The number of ether oxygens (including phenoxy) is 3. The molecule has 168 valence electrons. The fourth-order valence-corrected chi connectivity index (χ4v) is 5.46. The molecule has 0 aliphatic carbocycles. The minimum atomic E-state index is 0.163. The van der Waals surface area contributed by atoms with E-state index in [1.165, 1.54) is 38.4 Å². The van der Waals surface area contributed by atoms with Crippen molar-refractivity contribution in [1.29, 1.82) is 0 Å². The minimum Gasteiger partial charge on any atom is -0.497 e. The summed E-state index contributed by atoms with van der Waals surface area (Å²) in [6.45, 7) is 4.14. The van der Waals surface area contributed by atoms with Crippen LogP contribution in [0.2, 0.25) is 0 Å². The van der Waals surface area contributed by atoms with Crippen LogP contribution in [0.25, 0.3) is 21.5 Å². The Bertz CT molecular complexity index is 1310. The standard InChI is InChI=1S/C28H28N2O3/c1-31-21-14-19(15-22(17-21)32-2)18-30-26-9-5-8-24-23-7-4-3-6-20(23)16-25(27(24)26)28(30)29-10-12-33-13-11-29/h3-9,14-17,28H,10-13,18H2,1-2H3. The van der Waals surface area contributed by atoms with Gasteiger partial charge in [-0.3, -0.25) is 4.90 Å². The summed E-state index contributed by atoms with van der Waals surface area (Å²) in [7, 11) is 3.40. The number of hydrogen-bond acceptors (Lipinski definition) is 5.